The Morgan fingerprint density at radius 2 is 2.15 bits per heavy atom. The third kappa shape index (κ3) is 3.45. The Balaban J connectivity index is 1.77. The Kier molecular flexibility index (Phi) is 5.87. The van der Waals surface area contributed by atoms with Crippen molar-refractivity contribution in [3.05, 3.63) is 0 Å². The molecule has 26 heavy (non-hydrogen) atoms. The summed E-state index contributed by atoms with van der Waals surface area (Å²) in [4.78, 5) is 22.5. The van der Waals surface area contributed by atoms with Crippen LogP contribution in [0.4, 0.5) is 0 Å². The van der Waals surface area contributed by atoms with Crippen LogP contribution in [0.15, 0.2) is 9.98 Å². The Labute approximate surface area is 153 Å². The molecule has 9 heteroatoms. The Bertz CT molecular complexity index is 596. The highest BCUT2D eigenvalue weighted by molar-refractivity contribution is 5.97. The summed E-state index contributed by atoms with van der Waals surface area (Å²) in [6, 6.07) is -0.366. The lowest BCUT2D eigenvalue weighted by molar-refractivity contribution is -0.155. The second-order valence-corrected chi connectivity index (χ2v) is 6.53. The molecule has 3 rings (SSSR count). The van der Waals surface area contributed by atoms with E-state index < -0.39 is 6.23 Å². The lowest BCUT2D eigenvalue weighted by atomic mass is 9.93. The molecule has 0 aromatic rings. The molecule has 1 fully saturated rings. The average molecular weight is 365 g/mol. The highest BCUT2D eigenvalue weighted by Crippen LogP contribution is 2.37. The summed E-state index contributed by atoms with van der Waals surface area (Å²) in [6.45, 7) is 6.17. The first-order valence-corrected chi connectivity index (χ1v) is 9.20. The van der Waals surface area contributed by atoms with Crippen molar-refractivity contribution in [3.8, 4) is 0 Å². The van der Waals surface area contributed by atoms with E-state index in [1.165, 1.54) is 6.34 Å². The largest absolute Gasteiger partial charge is 0.464 e. The van der Waals surface area contributed by atoms with E-state index >= 15 is 0 Å². The van der Waals surface area contributed by atoms with Gasteiger partial charge in [-0.1, -0.05) is 13.8 Å². The van der Waals surface area contributed by atoms with Crippen LogP contribution in [0.1, 0.15) is 33.6 Å². The molecule has 0 radical (unpaired) electrons. The molecule has 9 nitrogen and oxygen atoms in total. The van der Waals surface area contributed by atoms with E-state index in [9.17, 15) is 4.79 Å². The van der Waals surface area contributed by atoms with Gasteiger partial charge in [-0.05, 0) is 19.8 Å². The average Bonchev–Trinajstić information content (AvgIpc) is 3.21. The number of carbonyl (C=O) groups excluding carboxylic acids is 1. The fourth-order valence-corrected chi connectivity index (χ4v) is 3.81. The van der Waals surface area contributed by atoms with E-state index in [-0.39, 0.29) is 42.9 Å². The van der Waals surface area contributed by atoms with E-state index in [1.807, 2.05) is 4.90 Å². The molecule has 3 aliphatic rings. The summed E-state index contributed by atoms with van der Waals surface area (Å²) in [5.41, 5.74) is 0. The molecule has 0 spiro atoms. The van der Waals surface area contributed by atoms with Gasteiger partial charge in [0, 0.05) is 5.92 Å². The van der Waals surface area contributed by atoms with E-state index in [1.54, 1.807) is 13.3 Å². The molecular weight excluding hydrogens is 338 g/mol. The predicted molar refractivity (Wildman–Crippen MR) is 96.4 cm³/mol. The van der Waals surface area contributed by atoms with Crippen LogP contribution in [0.2, 0.25) is 0 Å². The molecule has 0 aromatic heterocycles. The van der Waals surface area contributed by atoms with Gasteiger partial charge in [0.2, 0.25) is 0 Å². The van der Waals surface area contributed by atoms with Gasteiger partial charge in [0.05, 0.1) is 25.4 Å². The Morgan fingerprint density at radius 1 is 1.35 bits per heavy atom. The first-order chi connectivity index (χ1) is 12.6. The zero-order chi connectivity index (χ0) is 18.7. The fourth-order valence-electron chi connectivity index (χ4n) is 3.81. The van der Waals surface area contributed by atoms with Crippen molar-refractivity contribution in [1.82, 2.24) is 10.2 Å². The maximum Gasteiger partial charge on any atom is 0.332 e. The molecule has 6 atom stereocenters. The molecule has 2 N–H and O–H groups in total. The number of aliphatic imine (C=N–C) groups is 2. The quantitative estimate of drug-likeness (QED) is 0.644. The van der Waals surface area contributed by atoms with Gasteiger partial charge in [0.1, 0.15) is 24.6 Å². The molecule has 3 unspecified atom stereocenters. The second kappa shape index (κ2) is 8.13. The zero-order valence-corrected chi connectivity index (χ0v) is 15.4. The van der Waals surface area contributed by atoms with Crippen molar-refractivity contribution in [1.29, 1.82) is 5.41 Å². The molecule has 0 saturated carbocycles. The van der Waals surface area contributed by atoms with Crippen molar-refractivity contribution < 1.29 is 19.0 Å². The van der Waals surface area contributed by atoms with Crippen LogP contribution in [0.5, 0.6) is 0 Å². The summed E-state index contributed by atoms with van der Waals surface area (Å²) >= 11 is 0. The Morgan fingerprint density at radius 3 is 2.85 bits per heavy atom. The van der Waals surface area contributed by atoms with Gasteiger partial charge in [0.25, 0.3) is 0 Å². The van der Waals surface area contributed by atoms with Crippen molar-refractivity contribution in [2.24, 2.45) is 15.9 Å². The number of amidine groups is 1. The van der Waals surface area contributed by atoms with Gasteiger partial charge in [-0.15, -0.1) is 0 Å². The number of esters is 1. The standard InChI is InChI=1S/C17H27N5O4/c1-4-10-11(5-2)26-17(14(10)25-7-12(23)24-6-3)22-9-21-13-15(18)19-8-20-16(13)22/h8-11,13-14,16-17H,4-7H2,1-3H3,(H2,18,19,20)/t10?,11-,13?,14+,16?,17-/m1/s1. The van der Waals surface area contributed by atoms with Crippen LogP contribution >= 0.6 is 0 Å². The smallest absolute Gasteiger partial charge is 0.332 e. The molecule has 3 aliphatic heterocycles. The first-order valence-electron chi connectivity index (χ1n) is 9.20. The number of nitrogens with one attached hydrogen (secondary N) is 2. The molecule has 0 bridgehead atoms. The van der Waals surface area contributed by atoms with Crippen LogP contribution in [-0.2, 0) is 19.0 Å². The van der Waals surface area contributed by atoms with Crippen LogP contribution in [-0.4, -0.2) is 73.2 Å². The number of fused-ring (bicyclic) bond motifs is 1. The third-order valence-electron chi connectivity index (χ3n) is 5.05. The lowest BCUT2D eigenvalue weighted by Gasteiger charge is -2.34. The van der Waals surface area contributed by atoms with Gasteiger partial charge in [-0.2, -0.15) is 0 Å². The van der Waals surface area contributed by atoms with Crippen LogP contribution < -0.4 is 5.32 Å². The van der Waals surface area contributed by atoms with Crippen molar-refractivity contribution in [2.75, 3.05) is 13.2 Å². The van der Waals surface area contributed by atoms with E-state index in [0.717, 1.165) is 12.8 Å². The summed E-state index contributed by atoms with van der Waals surface area (Å²) in [6.07, 6.45) is 3.95. The van der Waals surface area contributed by atoms with Gasteiger partial charge >= 0.3 is 5.97 Å². The number of ether oxygens (including phenoxy) is 3. The zero-order valence-electron chi connectivity index (χ0n) is 15.4. The minimum Gasteiger partial charge on any atom is -0.464 e. The molecule has 0 aromatic carbocycles. The van der Waals surface area contributed by atoms with Gasteiger partial charge in [-0.3, -0.25) is 10.4 Å². The summed E-state index contributed by atoms with van der Waals surface area (Å²) in [7, 11) is 0. The third-order valence-corrected chi connectivity index (χ3v) is 5.05. The van der Waals surface area contributed by atoms with Crippen LogP contribution in [0.25, 0.3) is 0 Å². The topological polar surface area (TPSA) is 109 Å². The lowest BCUT2D eigenvalue weighted by Crippen LogP contribution is -2.53. The fraction of sp³-hybridized carbons (Fsp3) is 0.765. The molecule has 3 heterocycles. The van der Waals surface area contributed by atoms with Crippen molar-refractivity contribution in [3.63, 3.8) is 0 Å². The SMILES string of the molecule is CCOC(=O)CO[C@H]1C(CC)[C@@H](CC)O[C@H]1N1C=NC2C(=N)NC=NC21. The first kappa shape index (κ1) is 18.8. The Hall–Kier alpha value is -2.00. The van der Waals surface area contributed by atoms with Crippen molar-refractivity contribution in [2.45, 2.75) is 64.3 Å². The van der Waals surface area contributed by atoms with Gasteiger partial charge < -0.3 is 24.4 Å². The normalized spacial score (nSPS) is 35.5. The molecule has 0 amide bonds. The van der Waals surface area contributed by atoms with Crippen LogP contribution in [0, 0.1) is 11.3 Å². The summed E-state index contributed by atoms with van der Waals surface area (Å²) < 4.78 is 17.2. The van der Waals surface area contributed by atoms with Gasteiger partial charge in [0.15, 0.2) is 12.4 Å². The highest BCUT2D eigenvalue weighted by atomic mass is 16.6. The summed E-state index contributed by atoms with van der Waals surface area (Å²) in [5.74, 6) is 0.0949. The van der Waals surface area contributed by atoms with E-state index in [2.05, 4.69) is 29.1 Å². The van der Waals surface area contributed by atoms with E-state index in [0.29, 0.717) is 12.4 Å². The number of hydrogen-bond acceptors (Lipinski definition) is 8. The number of hydrogen-bond donors (Lipinski definition) is 2. The monoisotopic (exact) mass is 365 g/mol. The molecule has 0 aliphatic carbocycles. The number of rotatable bonds is 7. The molecular formula is C17H27N5O4. The molecule has 1 saturated heterocycles. The second-order valence-electron chi connectivity index (χ2n) is 6.53. The minimum atomic E-state index is -0.402. The van der Waals surface area contributed by atoms with E-state index in [4.69, 9.17) is 19.6 Å². The van der Waals surface area contributed by atoms with Gasteiger partial charge in [-0.25, -0.2) is 9.79 Å². The highest BCUT2D eigenvalue weighted by Gasteiger charge is 2.50. The minimum absolute atomic E-state index is 0.0368. The number of nitrogens with zero attached hydrogens (tertiary/aromatic N) is 3. The predicted octanol–water partition coefficient (Wildman–Crippen LogP) is 0.743. The van der Waals surface area contributed by atoms with Crippen molar-refractivity contribution >= 4 is 24.5 Å². The maximum absolute atomic E-state index is 11.8. The maximum atomic E-state index is 11.8. The van der Waals surface area contributed by atoms with Crippen LogP contribution in [0.3, 0.4) is 0 Å². The summed E-state index contributed by atoms with van der Waals surface area (Å²) in [5, 5.41) is 10.8. The number of carbonyl (C=O) groups is 1. The molecule has 144 valence electrons.